The zero-order valence-electron chi connectivity index (χ0n) is 14.7. The Morgan fingerprint density at radius 1 is 0.963 bits per heavy atom. The number of nitrogens with one attached hydrogen (secondary N) is 2. The molecule has 0 aliphatic carbocycles. The van der Waals surface area contributed by atoms with Crippen molar-refractivity contribution in [1.29, 1.82) is 0 Å². The van der Waals surface area contributed by atoms with E-state index < -0.39 is 11.7 Å². The SMILES string of the molecule is Cc1cccc(CNC(=O)c2cncc(C(=O)Nc3ccccc3F)c2)c1. The van der Waals surface area contributed by atoms with Crippen molar-refractivity contribution in [3.63, 3.8) is 0 Å². The summed E-state index contributed by atoms with van der Waals surface area (Å²) in [6.45, 7) is 2.35. The summed E-state index contributed by atoms with van der Waals surface area (Å²) in [5.74, 6) is -1.42. The average molecular weight is 363 g/mol. The van der Waals surface area contributed by atoms with Crippen molar-refractivity contribution in [2.24, 2.45) is 0 Å². The van der Waals surface area contributed by atoms with Crippen LogP contribution in [0.2, 0.25) is 0 Å². The molecule has 0 spiro atoms. The molecule has 5 nitrogen and oxygen atoms in total. The fraction of sp³-hybridized carbons (Fsp3) is 0.0952. The van der Waals surface area contributed by atoms with Gasteiger partial charge in [-0.15, -0.1) is 0 Å². The lowest BCUT2D eigenvalue weighted by Crippen LogP contribution is -2.23. The summed E-state index contributed by atoms with van der Waals surface area (Å²) >= 11 is 0. The monoisotopic (exact) mass is 363 g/mol. The summed E-state index contributed by atoms with van der Waals surface area (Å²) in [7, 11) is 0. The Hall–Kier alpha value is -3.54. The number of carbonyl (C=O) groups excluding carboxylic acids is 2. The number of rotatable bonds is 5. The number of pyridine rings is 1. The third kappa shape index (κ3) is 4.76. The molecule has 1 heterocycles. The first-order valence-electron chi connectivity index (χ1n) is 8.37. The highest BCUT2D eigenvalue weighted by molar-refractivity contribution is 6.05. The van der Waals surface area contributed by atoms with Crippen LogP contribution in [0.25, 0.3) is 0 Å². The maximum absolute atomic E-state index is 13.7. The molecule has 2 N–H and O–H groups in total. The van der Waals surface area contributed by atoms with Gasteiger partial charge in [0.25, 0.3) is 11.8 Å². The van der Waals surface area contributed by atoms with Crippen molar-refractivity contribution in [3.05, 3.63) is 95.1 Å². The van der Waals surface area contributed by atoms with E-state index in [2.05, 4.69) is 15.6 Å². The van der Waals surface area contributed by atoms with Gasteiger partial charge in [-0.3, -0.25) is 14.6 Å². The molecular formula is C21H18FN3O2. The molecule has 0 saturated carbocycles. The lowest BCUT2D eigenvalue weighted by molar-refractivity contribution is 0.0950. The number of halogens is 1. The van der Waals surface area contributed by atoms with Gasteiger partial charge in [0.1, 0.15) is 5.82 Å². The van der Waals surface area contributed by atoms with Crippen molar-refractivity contribution in [3.8, 4) is 0 Å². The minimum absolute atomic E-state index is 0.0665. The second kappa shape index (κ2) is 8.23. The van der Waals surface area contributed by atoms with E-state index in [1.54, 1.807) is 6.07 Å². The zero-order chi connectivity index (χ0) is 19.2. The molecule has 136 valence electrons. The molecule has 27 heavy (non-hydrogen) atoms. The first-order chi connectivity index (χ1) is 13.0. The molecule has 0 aliphatic heterocycles. The number of hydrogen-bond acceptors (Lipinski definition) is 3. The van der Waals surface area contributed by atoms with Crippen molar-refractivity contribution < 1.29 is 14.0 Å². The third-order valence-corrected chi connectivity index (χ3v) is 3.92. The number of anilines is 1. The predicted octanol–water partition coefficient (Wildman–Crippen LogP) is 3.71. The fourth-order valence-corrected chi connectivity index (χ4v) is 2.55. The second-order valence-corrected chi connectivity index (χ2v) is 6.07. The molecule has 1 aromatic heterocycles. The molecule has 0 saturated heterocycles. The van der Waals surface area contributed by atoms with Gasteiger partial charge < -0.3 is 10.6 Å². The first-order valence-corrected chi connectivity index (χ1v) is 8.37. The fourth-order valence-electron chi connectivity index (χ4n) is 2.55. The van der Waals surface area contributed by atoms with Gasteiger partial charge in [-0.1, -0.05) is 42.0 Å². The van der Waals surface area contributed by atoms with Gasteiger partial charge in [-0.05, 0) is 30.7 Å². The van der Waals surface area contributed by atoms with Gasteiger partial charge in [0.05, 0.1) is 16.8 Å². The van der Waals surface area contributed by atoms with Gasteiger partial charge in [0.2, 0.25) is 0 Å². The van der Waals surface area contributed by atoms with Crippen molar-refractivity contribution in [2.75, 3.05) is 5.32 Å². The molecule has 2 aromatic carbocycles. The second-order valence-electron chi connectivity index (χ2n) is 6.07. The van der Waals surface area contributed by atoms with E-state index in [-0.39, 0.29) is 22.7 Å². The van der Waals surface area contributed by atoms with E-state index in [0.29, 0.717) is 6.54 Å². The van der Waals surface area contributed by atoms with Gasteiger partial charge in [0, 0.05) is 18.9 Å². The van der Waals surface area contributed by atoms with Crippen LogP contribution >= 0.6 is 0 Å². The Bertz CT molecular complexity index is 988. The molecule has 0 aliphatic rings. The Balaban J connectivity index is 1.68. The number of benzene rings is 2. The van der Waals surface area contributed by atoms with Crippen LogP contribution in [-0.4, -0.2) is 16.8 Å². The third-order valence-electron chi connectivity index (χ3n) is 3.92. The maximum atomic E-state index is 13.7. The molecule has 3 aromatic rings. The van der Waals surface area contributed by atoms with E-state index in [1.165, 1.54) is 36.7 Å². The van der Waals surface area contributed by atoms with Crippen LogP contribution < -0.4 is 10.6 Å². The number of amides is 2. The topological polar surface area (TPSA) is 71.1 Å². The Kier molecular flexibility index (Phi) is 5.56. The summed E-state index contributed by atoms with van der Waals surface area (Å²) in [6, 6.07) is 15.1. The van der Waals surface area contributed by atoms with E-state index in [1.807, 2.05) is 31.2 Å². The van der Waals surface area contributed by atoms with Crippen LogP contribution in [0.4, 0.5) is 10.1 Å². The van der Waals surface area contributed by atoms with Gasteiger partial charge >= 0.3 is 0 Å². The van der Waals surface area contributed by atoms with Crippen molar-refractivity contribution >= 4 is 17.5 Å². The van der Waals surface area contributed by atoms with Crippen LogP contribution in [0, 0.1) is 12.7 Å². The summed E-state index contributed by atoms with van der Waals surface area (Å²) in [6.07, 6.45) is 2.71. The lowest BCUT2D eigenvalue weighted by atomic mass is 10.1. The number of aromatic nitrogens is 1. The molecule has 0 radical (unpaired) electrons. The molecule has 0 bridgehead atoms. The maximum Gasteiger partial charge on any atom is 0.257 e. The van der Waals surface area contributed by atoms with Gasteiger partial charge in [0.15, 0.2) is 0 Å². The van der Waals surface area contributed by atoms with Crippen LogP contribution in [0.15, 0.2) is 67.0 Å². The van der Waals surface area contributed by atoms with Crippen LogP contribution in [0.3, 0.4) is 0 Å². The van der Waals surface area contributed by atoms with Crippen molar-refractivity contribution in [2.45, 2.75) is 13.5 Å². The van der Waals surface area contributed by atoms with Crippen LogP contribution in [0.1, 0.15) is 31.8 Å². The predicted molar refractivity (Wildman–Crippen MR) is 101 cm³/mol. The molecule has 3 rings (SSSR count). The Morgan fingerprint density at radius 2 is 1.70 bits per heavy atom. The minimum atomic E-state index is -0.541. The normalized spacial score (nSPS) is 10.3. The highest BCUT2D eigenvalue weighted by atomic mass is 19.1. The Morgan fingerprint density at radius 3 is 2.44 bits per heavy atom. The quantitative estimate of drug-likeness (QED) is 0.726. The van der Waals surface area contributed by atoms with E-state index in [9.17, 15) is 14.0 Å². The number of para-hydroxylation sites is 1. The summed E-state index contributed by atoms with van der Waals surface area (Å²) in [5.41, 5.74) is 2.57. The van der Waals surface area contributed by atoms with E-state index >= 15 is 0 Å². The molecule has 0 fully saturated rings. The first kappa shape index (κ1) is 18.3. The zero-order valence-corrected chi connectivity index (χ0v) is 14.7. The number of aryl methyl sites for hydroxylation is 1. The van der Waals surface area contributed by atoms with Crippen LogP contribution in [-0.2, 0) is 6.54 Å². The summed E-state index contributed by atoms with van der Waals surface area (Å²) in [4.78, 5) is 28.6. The van der Waals surface area contributed by atoms with Crippen LogP contribution in [0.5, 0.6) is 0 Å². The van der Waals surface area contributed by atoms with Gasteiger partial charge in [-0.2, -0.15) is 0 Å². The van der Waals surface area contributed by atoms with Crippen molar-refractivity contribution in [1.82, 2.24) is 10.3 Å². The molecule has 6 heteroatoms. The minimum Gasteiger partial charge on any atom is -0.348 e. The standard InChI is InChI=1S/C21H18FN3O2/c1-14-5-4-6-15(9-14)11-24-20(26)16-10-17(13-23-12-16)21(27)25-19-8-3-2-7-18(19)22/h2-10,12-13H,11H2,1H3,(H,24,26)(H,25,27). The lowest BCUT2D eigenvalue weighted by Gasteiger charge is -2.08. The molecule has 2 amide bonds. The average Bonchev–Trinajstić information content (AvgIpc) is 2.68. The van der Waals surface area contributed by atoms with Gasteiger partial charge in [-0.25, -0.2) is 4.39 Å². The molecule has 0 unspecified atom stereocenters. The molecular weight excluding hydrogens is 345 g/mol. The molecule has 0 atom stereocenters. The number of hydrogen-bond donors (Lipinski definition) is 2. The number of carbonyl (C=O) groups is 2. The summed E-state index contributed by atoms with van der Waals surface area (Å²) in [5, 5.41) is 5.27. The summed E-state index contributed by atoms with van der Waals surface area (Å²) < 4.78 is 13.7. The Labute approximate surface area is 156 Å². The largest absolute Gasteiger partial charge is 0.348 e. The highest BCUT2D eigenvalue weighted by Gasteiger charge is 2.13. The van der Waals surface area contributed by atoms with E-state index in [4.69, 9.17) is 0 Å². The van der Waals surface area contributed by atoms with E-state index in [0.717, 1.165) is 11.1 Å². The smallest absolute Gasteiger partial charge is 0.257 e. The number of nitrogens with zero attached hydrogens (tertiary/aromatic N) is 1. The highest BCUT2D eigenvalue weighted by Crippen LogP contribution is 2.14.